The molecule has 5 nitrogen and oxygen atoms in total. The largest absolute Gasteiger partial charge is 0.445 e. The number of hydrogen-bond acceptors (Lipinski definition) is 4. The third-order valence-corrected chi connectivity index (χ3v) is 4.81. The first-order valence-electron chi connectivity index (χ1n) is 6.11. The van der Waals surface area contributed by atoms with E-state index in [0.29, 0.717) is 13.0 Å². The molecule has 1 atom stereocenters. The van der Waals surface area contributed by atoms with Crippen LogP contribution in [-0.4, -0.2) is 44.0 Å². The van der Waals surface area contributed by atoms with E-state index in [-0.39, 0.29) is 13.2 Å². The Kier molecular flexibility index (Phi) is 4.09. The number of benzene rings is 1. The lowest BCUT2D eigenvalue weighted by Crippen LogP contribution is -2.31. The van der Waals surface area contributed by atoms with Gasteiger partial charge in [0.2, 0.25) is 0 Å². The fourth-order valence-electron chi connectivity index (χ4n) is 2.05. The van der Waals surface area contributed by atoms with Gasteiger partial charge in [0.05, 0.1) is 5.25 Å². The third-order valence-electron chi connectivity index (χ3n) is 3.21. The van der Waals surface area contributed by atoms with Gasteiger partial charge in [0.25, 0.3) is 0 Å². The second-order valence-electron chi connectivity index (χ2n) is 4.73. The maximum Gasteiger partial charge on any atom is 0.410 e. The molecule has 1 fully saturated rings. The van der Waals surface area contributed by atoms with Gasteiger partial charge in [-0.15, -0.1) is 0 Å². The minimum Gasteiger partial charge on any atom is -0.445 e. The van der Waals surface area contributed by atoms with Gasteiger partial charge in [-0.3, -0.25) is 0 Å². The molecule has 0 aliphatic carbocycles. The Bertz CT molecular complexity index is 541. The highest BCUT2D eigenvalue weighted by atomic mass is 32.2. The molecule has 1 heterocycles. The fraction of sp³-hybridized carbons (Fsp3) is 0.462. The number of hydrogen-bond donors (Lipinski definition) is 0. The molecule has 2 rings (SSSR count). The van der Waals surface area contributed by atoms with Gasteiger partial charge < -0.3 is 9.64 Å². The van der Waals surface area contributed by atoms with Crippen molar-refractivity contribution in [3.63, 3.8) is 0 Å². The van der Waals surface area contributed by atoms with Gasteiger partial charge in [0.15, 0.2) is 9.84 Å². The molecule has 1 aromatic carbocycles. The van der Waals surface area contributed by atoms with Crippen LogP contribution >= 0.6 is 0 Å². The van der Waals surface area contributed by atoms with Crippen molar-refractivity contribution < 1.29 is 17.9 Å². The maximum absolute atomic E-state index is 11.8. The second kappa shape index (κ2) is 5.61. The van der Waals surface area contributed by atoms with Crippen molar-refractivity contribution in [1.82, 2.24) is 4.90 Å². The molecule has 1 amide bonds. The zero-order chi connectivity index (χ0) is 13.9. The van der Waals surface area contributed by atoms with E-state index in [1.54, 1.807) is 0 Å². The molecule has 0 spiro atoms. The number of amides is 1. The summed E-state index contributed by atoms with van der Waals surface area (Å²) in [5, 5.41) is -0.461. The number of likely N-dealkylation sites (tertiary alicyclic amines) is 1. The number of rotatable bonds is 3. The normalized spacial score (nSPS) is 19.4. The topological polar surface area (TPSA) is 63.7 Å². The van der Waals surface area contributed by atoms with Crippen LogP contribution in [0, 0.1) is 0 Å². The molecule has 1 aliphatic rings. The van der Waals surface area contributed by atoms with Crippen LogP contribution in [0.5, 0.6) is 0 Å². The number of nitrogens with zero attached hydrogens (tertiary/aromatic N) is 1. The van der Waals surface area contributed by atoms with Crippen LogP contribution in [0.2, 0.25) is 0 Å². The summed E-state index contributed by atoms with van der Waals surface area (Å²) >= 11 is 0. The van der Waals surface area contributed by atoms with Crippen molar-refractivity contribution in [1.29, 1.82) is 0 Å². The van der Waals surface area contributed by atoms with E-state index >= 15 is 0 Å². The predicted octanol–water partition coefficient (Wildman–Crippen LogP) is 1.44. The van der Waals surface area contributed by atoms with Gasteiger partial charge in [-0.05, 0) is 12.0 Å². The minimum absolute atomic E-state index is 0.208. The Balaban J connectivity index is 1.85. The highest BCUT2D eigenvalue weighted by molar-refractivity contribution is 7.91. The van der Waals surface area contributed by atoms with Gasteiger partial charge in [0.1, 0.15) is 6.61 Å². The zero-order valence-corrected chi connectivity index (χ0v) is 11.6. The first-order valence-corrected chi connectivity index (χ1v) is 8.07. The highest BCUT2D eigenvalue weighted by Crippen LogP contribution is 2.17. The Morgan fingerprint density at radius 1 is 1.37 bits per heavy atom. The fourth-order valence-corrected chi connectivity index (χ4v) is 3.04. The molecule has 0 radical (unpaired) electrons. The molecule has 0 saturated carbocycles. The summed E-state index contributed by atoms with van der Waals surface area (Å²) in [6, 6.07) is 9.38. The number of sulfone groups is 1. The van der Waals surface area contributed by atoms with Crippen LogP contribution in [0.3, 0.4) is 0 Å². The Hall–Kier alpha value is -1.56. The smallest absolute Gasteiger partial charge is 0.410 e. The molecule has 1 saturated heterocycles. The number of carbonyl (C=O) groups excluding carboxylic acids is 1. The molecule has 104 valence electrons. The molecule has 1 unspecified atom stereocenters. The first kappa shape index (κ1) is 13.9. The number of ether oxygens (including phenoxy) is 1. The van der Waals surface area contributed by atoms with Crippen molar-refractivity contribution in [2.75, 3.05) is 19.3 Å². The standard InChI is InChI=1S/C13H17NO4S/c1-19(16,17)12-7-8-14(9-12)13(15)18-10-11-5-3-2-4-6-11/h2-6,12H,7-10H2,1H3. The molecule has 19 heavy (non-hydrogen) atoms. The molecule has 0 bridgehead atoms. The molecule has 0 N–H and O–H groups in total. The summed E-state index contributed by atoms with van der Waals surface area (Å²) in [4.78, 5) is 13.3. The van der Waals surface area contributed by atoms with E-state index in [0.717, 1.165) is 5.56 Å². The quantitative estimate of drug-likeness (QED) is 0.842. The monoisotopic (exact) mass is 283 g/mol. The summed E-state index contributed by atoms with van der Waals surface area (Å²) < 4.78 is 28.0. The zero-order valence-electron chi connectivity index (χ0n) is 10.8. The average Bonchev–Trinajstić information content (AvgIpc) is 2.87. The summed E-state index contributed by atoms with van der Waals surface area (Å²) in [7, 11) is -3.09. The predicted molar refractivity (Wildman–Crippen MR) is 71.4 cm³/mol. The van der Waals surface area contributed by atoms with Gasteiger partial charge in [-0.25, -0.2) is 13.2 Å². The summed E-state index contributed by atoms with van der Waals surface area (Å²) in [5.41, 5.74) is 0.912. The Labute approximate surface area is 113 Å². The van der Waals surface area contributed by atoms with Crippen LogP contribution in [0.4, 0.5) is 4.79 Å². The van der Waals surface area contributed by atoms with E-state index in [2.05, 4.69) is 0 Å². The summed E-state index contributed by atoms with van der Waals surface area (Å²) in [5.74, 6) is 0. The van der Waals surface area contributed by atoms with E-state index < -0.39 is 21.2 Å². The maximum atomic E-state index is 11.8. The van der Waals surface area contributed by atoms with Crippen molar-refractivity contribution in [3.8, 4) is 0 Å². The first-order chi connectivity index (χ1) is 8.97. The average molecular weight is 283 g/mol. The summed E-state index contributed by atoms with van der Waals surface area (Å²) in [6.07, 6.45) is 1.24. The lowest BCUT2D eigenvalue weighted by atomic mass is 10.2. The third kappa shape index (κ3) is 3.70. The minimum atomic E-state index is -3.09. The Morgan fingerprint density at radius 2 is 2.05 bits per heavy atom. The molecule has 6 heteroatoms. The van der Waals surface area contributed by atoms with Gasteiger partial charge in [0, 0.05) is 19.3 Å². The van der Waals surface area contributed by atoms with Crippen molar-refractivity contribution in [2.24, 2.45) is 0 Å². The highest BCUT2D eigenvalue weighted by Gasteiger charge is 2.33. The lowest BCUT2D eigenvalue weighted by molar-refractivity contribution is 0.104. The molecular formula is C13H17NO4S. The van der Waals surface area contributed by atoms with Crippen molar-refractivity contribution in [2.45, 2.75) is 18.3 Å². The SMILES string of the molecule is CS(=O)(=O)C1CCN(C(=O)OCc2ccccc2)C1. The summed E-state index contributed by atoms with van der Waals surface area (Å²) in [6.45, 7) is 0.873. The molecule has 0 aromatic heterocycles. The molecular weight excluding hydrogens is 266 g/mol. The second-order valence-corrected chi connectivity index (χ2v) is 7.05. The van der Waals surface area contributed by atoms with Crippen LogP contribution in [0.25, 0.3) is 0 Å². The van der Waals surface area contributed by atoms with Crippen LogP contribution in [0.1, 0.15) is 12.0 Å². The van der Waals surface area contributed by atoms with Crippen LogP contribution in [-0.2, 0) is 21.2 Å². The van der Waals surface area contributed by atoms with Crippen LogP contribution < -0.4 is 0 Å². The van der Waals surface area contributed by atoms with Gasteiger partial charge in [-0.2, -0.15) is 0 Å². The molecule has 1 aromatic rings. The molecule has 1 aliphatic heterocycles. The number of carbonyl (C=O) groups is 1. The van der Waals surface area contributed by atoms with E-state index in [1.165, 1.54) is 11.2 Å². The van der Waals surface area contributed by atoms with E-state index in [4.69, 9.17) is 4.74 Å². The van der Waals surface area contributed by atoms with E-state index in [9.17, 15) is 13.2 Å². The van der Waals surface area contributed by atoms with Crippen molar-refractivity contribution in [3.05, 3.63) is 35.9 Å². The van der Waals surface area contributed by atoms with Crippen molar-refractivity contribution >= 4 is 15.9 Å². The van der Waals surface area contributed by atoms with Gasteiger partial charge in [-0.1, -0.05) is 30.3 Å². The Morgan fingerprint density at radius 3 is 2.63 bits per heavy atom. The van der Waals surface area contributed by atoms with E-state index in [1.807, 2.05) is 30.3 Å². The van der Waals surface area contributed by atoms with Crippen LogP contribution in [0.15, 0.2) is 30.3 Å². The lowest BCUT2D eigenvalue weighted by Gasteiger charge is -2.16. The van der Waals surface area contributed by atoms with Gasteiger partial charge >= 0.3 is 6.09 Å².